The number of nitrogens with one attached hydrogen (secondary N) is 1. The molecule has 0 unspecified atom stereocenters. The van der Waals surface area contributed by atoms with Crippen LogP contribution in [0.15, 0.2) is 55.1 Å². The van der Waals surface area contributed by atoms with E-state index in [1.54, 1.807) is 43.9 Å². The van der Waals surface area contributed by atoms with Crippen LogP contribution in [-0.2, 0) is 6.54 Å². The number of benzene rings is 2. The highest BCUT2D eigenvalue weighted by atomic mass is 35.5. The summed E-state index contributed by atoms with van der Waals surface area (Å²) in [6, 6.07) is 11.0. The molecule has 0 aliphatic carbocycles. The number of methoxy groups -OCH3 is 1. The number of nitrogens with zero attached hydrogens (tertiary/aromatic N) is 2. The third kappa shape index (κ3) is 4.00. The normalized spacial score (nSPS) is 10.5. The summed E-state index contributed by atoms with van der Waals surface area (Å²) in [5.41, 5.74) is 3.13. The van der Waals surface area contributed by atoms with Crippen molar-refractivity contribution < 1.29 is 9.53 Å². The summed E-state index contributed by atoms with van der Waals surface area (Å²) >= 11 is 6.09. The van der Waals surface area contributed by atoms with Gasteiger partial charge in [0.25, 0.3) is 5.91 Å². The van der Waals surface area contributed by atoms with E-state index in [2.05, 4.69) is 10.3 Å². The number of hydrogen-bond acceptors (Lipinski definition) is 3. The van der Waals surface area contributed by atoms with Crippen molar-refractivity contribution in [2.45, 2.75) is 13.5 Å². The molecule has 0 aliphatic rings. The number of rotatable bonds is 5. The standard InChI is InChI=1S/C19H18ClN3O2/c1-13-9-17(18(25-2)10-16(13)20)22-19(24)15-5-3-14(4-6-15)11-23-8-7-21-12-23/h3-10,12H,11H2,1-2H3,(H,22,24). The van der Waals surface area contributed by atoms with Gasteiger partial charge in [-0.1, -0.05) is 23.7 Å². The minimum atomic E-state index is -0.200. The average Bonchev–Trinajstić information content (AvgIpc) is 3.11. The lowest BCUT2D eigenvalue weighted by atomic mass is 10.1. The van der Waals surface area contributed by atoms with E-state index in [0.29, 0.717) is 28.6 Å². The van der Waals surface area contributed by atoms with Crippen LogP contribution in [0, 0.1) is 6.92 Å². The lowest BCUT2D eigenvalue weighted by Crippen LogP contribution is -2.13. The second kappa shape index (κ2) is 7.40. The SMILES string of the molecule is COc1cc(Cl)c(C)cc1NC(=O)c1ccc(Cn2ccnc2)cc1. The minimum absolute atomic E-state index is 0.200. The van der Waals surface area contributed by atoms with Gasteiger partial charge < -0.3 is 14.6 Å². The monoisotopic (exact) mass is 355 g/mol. The van der Waals surface area contributed by atoms with Gasteiger partial charge in [-0.15, -0.1) is 0 Å². The van der Waals surface area contributed by atoms with Gasteiger partial charge in [0.2, 0.25) is 0 Å². The zero-order chi connectivity index (χ0) is 17.8. The van der Waals surface area contributed by atoms with E-state index in [0.717, 1.165) is 11.1 Å². The first-order valence-electron chi connectivity index (χ1n) is 7.77. The van der Waals surface area contributed by atoms with E-state index in [-0.39, 0.29) is 5.91 Å². The summed E-state index contributed by atoms with van der Waals surface area (Å²) in [4.78, 5) is 16.5. The summed E-state index contributed by atoms with van der Waals surface area (Å²) in [5, 5.41) is 3.47. The summed E-state index contributed by atoms with van der Waals surface area (Å²) in [6.07, 6.45) is 5.40. The molecule has 1 aromatic heterocycles. The van der Waals surface area contributed by atoms with E-state index in [1.165, 1.54) is 0 Å². The third-order valence-electron chi connectivity index (χ3n) is 3.87. The fourth-order valence-electron chi connectivity index (χ4n) is 2.48. The van der Waals surface area contributed by atoms with Crippen LogP contribution in [-0.4, -0.2) is 22.6 Å². The molecule has 1 N–H and O–H groups in total. The Morgan fingerprint density at radius 1 is 1.28 bits per heavy atom. The maximum Gasteiger partial charge on any atom is 0.255 e. The first-order chi connectivity index (χ1) is 12.1. The number of anilines is 1. The van der Waals surface area contributed by atoms with Crippen LogP contribution in [0.25, 0.3) is 0 Å². The number of aromatic nitrogens is 2. The Morgan fingerprint density at radius 3 is 2.68 bits per heavy atom. The Bertz CT molecular complexity index is 874. The van der Waals surface area contributed by atoms with Crippen molar-refractivity contribution in [1.82, 2.24) is 9.55 Å². The van der Waals surface area contributed by atoms with Crippen molar-refractivity contribution in [1.29, 1.82) is 0 Å². The average molecular weight is 356 g/mol. The van der Waals surface area contributed by atoms with Gasteiger partial charge in [0, 0.05) is 35.6 Å². The highest BCUT2D eigenvalue weighted by Gasteiger charge is 2.12. The zero-order valence-corrected chi connectivity index (χ0v) is 14.7. The molecule has 2 aromatic carbocycles. The Morgan fingerprint density at radius 2 is 2.04 bits per heavy atom. The van der Waals surface area contributed by atoms with E-state index < -0.39 is 0 Å². The highest BCUT2D eigenvalue weighted by molar-refractivity contribution is 6.31. The summed E-state index contributed by atoms with van der Waals surface area (Å²) < 4.78 is 7.26. The maximum absolute atomic E-state index is 12.5. The van der Waals surface area contributed by atoms with Gasteiger partial charge in [0.15, 0.2) is 0 Å². The number of hydrogen-bond donors (Lipinski definition) is 1. The van der Waals surface area contributed by atoms with Gasteiger partial charge in [-0.25, -0.2) is 4.98 Å². The van der Waals surface area contributed by atoms with Crippen molar-refractivity contribution >= 4 is 23.2 Å². The molecule has 3 rings (SSSR count). The summed E-state index contributed by atoms with van der Waals surface area (Å²) in [5.74, 6) is 0.329. The molecule has 0 fully saturated rings. The van der Waals surface area contributed by atoms with Crippen LogP contribution >= 0.6 is 11.6 Å². The van der Waals surface area contributed by atoms with Crippen molar-refractivity contribution in [2.75, 3.05) is 12.4 Å². The molecular formula is C19H18ClN3O2. The van der Waals surface area contributed by atoms with Crippen LogP contribution in [0.2, 0.25) is 5.02 Å². The fraction of sp³-hybridized carbons (Fsp3) is 0.158. The maximum atomic E-state index is 12.5. The lowest BCUT2D eigenvalue weighted by Gasteiger charge is -2.12. The number of halogens is 1. The molecule has 0 aliphatic heterocycles. The van der Waals surface area contributed by atoms with E-state index >= 15 is 0 Å². The number of amides is 1. The third-order valence-corrected chi connectivity index (χ3v) is 4.28. The van der Waals surface area contributed by atoms with Gasteiger partial charge in [-0.2, -0.15) is 0 Å². The molecular weight excluding hydrogens is 338 g/mol. The van der Waals surface area contributed by atoms with Gasteiger partial charge >= 0.3 is 0 Å². The largest absolute Gasteiger partial charge is 0.495 e. The first-order valence-corrected chi connectivity index (χ1v) is 8.15. The number of imidazole rings is 1. The molecule has 0 saturated heterocycles. The smallest absolute Gasteiger partial charge is 0.255 e. The van der Waals surface area contributed by atoms with Gasteiger partial charge in [-0.05, 0) is 36.2 Å². The molecule has 0 saturated carbocycles. The number of carbonyl (C=O) groups is 1. The predicted octanol–water partition coefficient (Wildman–Crippen LogP) is 4.15. The van der Waals surface area contributed by atoms with Crippen LogP contribution in [0.5, 0.6) is 5.75 Å². The minimum Gasteiger partial charge on any atom is -0.495 e. The number of aryl methyl sites for hydroxylation is 1. The number of carbonyl (C=O) groups excluding carboxylic acids is 1. The number of ether oxygens (including phenoxy) is 1. The Hall–Kier alpha value is -2.79. The van der Waals surface area contributed by atoms with Gasteiger partial charge in [0.05, 0.1) is 19.1 Å². The molecule has 25 heavy (non-hydrogen) atoms. The molecule has 0 bridgehead atoms. The van der Waals surface area contributed by atoms with E-state index in [4.69, 9.17) is 16.3 Å². The molecule has 0 spiro atoms. The van der Waals surface area contributed by atoms with Crippen LogP contribution in [0.3, 0.4) is 0 Å². The van der Waals surface area contributed by atoms with Crippen molar-refractivity contribution in [3.05, 3.63) is 76.8 Å². The summed E-state index contributed by atoms with van der Waals surface area (Å²) in [7, 11) is 1.54. The van der Waals surface area contributed by atoms with Crippen LogP contribution in [0.1, 0.15) is 21.5 Å². The lowest BCUT2D eigenvalue weighted by molar-refractivity contribution is 0.102. The van der Waals surface area contributed by atoms with E-state index in [1.807, 2.05) is 29.8 Å². The van der Waals surface area contributed by atoms with Gasteiger partial charge in [0.1, 0.15) is 5.75 Å². The molecule has 1 amide bonds. The van der Waals surface area contributed by atoms with Crippen molar-refractivity contribution in [3.8, 4) is 5.75 Å². The molecule has 128 valence electrons. The predicted molar refractivity (Wildman–Crippen MR) is 98.5 cm³/mol. The highest BCUT2D eigenvalue weighted by Crippen LogP contribution is 2.31. The molecule has 5 nitrogen and oxygen atoms in total. The first kappa shape index (κ1) is 17.0. The Balaban J connectivity index is 1.74. The molecule has 6 heteroatoms. The Kier molecular flexibility index (Phi) is 5.05. The van der Waals surface area contributed by atoms with Crippen molar-refractivity contribution in [2.24, 2.45) is 0 Å². The molecule has 0 radical (unpaired) electrons. The van der Waals surface area contributed by atoms with Crippen molar-refractivity contribution in [3.63, 3.8) is 0 Å². The van der Waals surface area contributed by atoms with E-state index in [9.17, 15) is 4.79 Å². The Labute approximate surface area is 151 Å². The van der Waals surface area contributed by atoms with Gasteiger partial charge in [-0.3, -0.25) is 4.79 Å². The van der Waals surface area contributed by atoms with Crippen LogP contribution < -0.4 is 10.1 Å². The topological polar surface area (TPSA) is 56.1 Å². The molecule has 3 aromatic rings. The fourth-order valence-corrected chi connectivity index (χ4v) is 2.63. The quantitative estimate of drug-likeness (QED) is 0.747. The van der Waals surface area contributed by atoms with Crippen LogP contribution in [0.4, 0.5) is 5.69 Å². The zero-order valence-electron chi connectivity index (χ0n) is 14.0. The second-order valence-electron chi connectivity index (χ2n) is 5.69. The molecule has 1 heterocycles. The second-order valence-corrected chi connectivity index (χ2v) is 6.09. The summed E-state index contributed by atoms with van der Waals surface area (Å²) in [6.45, 7) is 2.59. The molecule has 0 atom stereocenters.